The molecule has 1 amide bonds. The van der Waals surface area contributed by atoms with E-state index in [1.54, 1.807) is 11.2 Å². The van der Waals surface area contributed by atoms with Gasteiger partial charge < -0.3 is 14.6 Å². The molecule has 0 saturated carbocycles. The summed E-state index contributed by atoms with van der Waals surface area (Å²) < 4.78 is 29.2. The normalized spacial score (nSPS) is 18.7. The van der Waals surface area contributed by atoms with Gasteiger partial charge in [0, 0.05) is 12.6 Å². The van der Waals surface area contributed by atoms with Gasteiger partial charge in [0.2, 0.25) is 11.0 Å². The number of furan rings is 1. The number of nitrogens with zero attached hydrogens (tertiary/aromatic N) is 3. The first kappa shape index (κ1) is 19.2. The summed E-state index contributed by atoms with van der Waals surface area (Å²) in [6.07, 6.45) is 2.13. The number of hydrogen-bond donors (Lipinski definition) is 1. The van der Waals surface area contributed by atoms with Crippen LogP contribution in [0.5, 0.6) is 0 Å². The minimum Gasteiger partial charge on any atom is -0.467 e. The Morgan fingerprint density at radius 1 is 1.50 bits per heavy atom. The van der Waals surface area contributed by atoms with Gasteiger partial charge in [-0.1, -0.05) is 23.1 Å². The Bertz CT molecular complexity index is 835. The first-order valence-corrected chi connectivity index (χ1v) is 11.8. The molecule has 26 heavy (non-hydrogen) atoms. The van der Waals surface area contributed by atoms with Crippen LogP contribution in [0, 0.1) is 0 Å². The van der Waals surface area contributed by atoms with Gasteiger partial charge in [0.1, 0.15) is 5.76 Å². The number of amides is 1. The highest BCUT2D eigenvalue weighted by atomic mass is 32.2. The Morgan fingerprint density at radius 2 is 2.35 bits per heavy atom. The molecule has 1 fully saturated rings. The van der Waals surface area contributed by atoms with Gasteiger partial charge in [0.05, 0.1) is 30.1 Å². The van der Waals surface area contributed by atoms with Gasteiger partial charge in [0.15, 0.2) is 14.2 Å². The summed E-state index contributed by atoms with van der Waals surface area (Å²) in [5.41, 5.74) is 0. The maximum Gasteiger partial charge on any atom is 0.233 e. The van der Waals surface area contributed by atoms with Crippen LogP contribution >= 0.6 is 23.1 Å². The monoisotopic (exact) mass is 416 g/mol. The minimum absolute atomic E-state index is 0.0664. The van der Waals surface area contributed by atoms with Crippen molar-refractivity contribution in [3.8, 4) is 0 Å². The zero-order valence-corrected chi connectivity index (χ0v) is 16.7. The highest BCUT2D eigenvalue weighted by Crippen LogP contribution is 2.27. The molecular formula is C15H20N4O4S3. The lowest BCUT2D eigenvalue weighted by atomic mass is 10.2. The Kier molecular flexibility index (Phi) is 6.20. The van der Waals surface area contributed by atoms with E-state index in [1.807, 2.05) is 19.1 Å². The molecule has 1 N–H and O–H groups in total. The highest BCUT2D eigenvalue weighted by molar-refractivity contribution is 8.01. The fraction of sp³-hybridized carbons (Fsp3) is 0.533. The van der Waals surface area contributed by atoms with Gasteiger partial charge in [-0.3, -0.25) is 4.79 Å². The SMILES string of the molecule is CCN(C(=O)CSc1nnc(NCc2ccco2)s1)[C@H]1CCS(=O)(=O)C1. The van der Waals surface area contributed by atoms with E-state index < -0.39 is 9.84 Å². The molecule has 1 aliphatic rings. The number of anilines is 1. The molecular weight excluding hydrogens is 396 g/mol. The van der Waals surface area contributed by atoms with Crippen molar-refractivity contribution in [2.24, 2.45) is 0 Å². The quantitative estimate of drug-likeness (QED) is 0.650. The molecule has 3 rings (SSSR count). The molecule has 1 atom stereocenters. The lowest BCUT2D eigenvalue weighted by Gasteiger charge is -2.26. The molecule has 11 heteroatoms. The van der Waals surface area contributed by atoms with E-state index in [0.717, 1.165) is 5.76 Å². The molecule has 0 spiro atoms. The Hall–Kier alpha value is -1.59. The molecule has 1 saturated heterocycles. The number of hydrogen-bond acceptors (Lipinski definition) is 9. The van der Waals surface area contributed by atoms with E-state index in [4.69, 9.17) is 4.42 Å². The highest BCUT2D eigenvalue weighted by Gasteiger charge is 2.33. The Labute approximate surface area is 160 Å². The van der Waals surface area contributed by atoms with Gasteiger partial charge in [-0.05, 0) is 25.5 Å². The maximum absolute atomic E-state index is 12.5. The molecule has 2 aromatic heterocycles. The summed E-state index contributed by atoms with van der Waals surface area (Å²) in [6.45, 7) is 2.89. The second kappa shape index (κ2) is 8.40. The van der Waals surface area contributed by atoms with Gasteiger partial charge in [-0.2, -0.15) is 0 Å². The van der Waals surface area contributed by atoms with E-state index in [1.165, 1.54) is 23.1 Å². The first-order chi connectivity index (χ1) is 12.5. The molecule has 8 nitrogen and oxygen atoms in total. The van der Waals surface area contributed by atoms with Crippen LogP contribution in [0.1, 0.15) is 19.1 Å². The fourth-order valence-corrected chi connectivity index (χ4v) is 6.15. The predicted octanol–water partition coefficient (Wildman–Crippen LogP) is 1.87. The van der Waals surface area contributed by atoms with Crippen LogP contribution in [-0.4, -0.2) is 59.3 Å². The summed E-state index contributed by atoms with van der Waals surface area (Å²) >= 11 is 2.69. The van der Waals surface area contributed by atoms with Crippen molar-refractivity contribution in [2.75, 3.05) is 29.1 Å². The van der Waals surface area contributed by atoms with E-state index in [-0.39, 0.29) is 29.2 Å². The molecule has 0 aromatic carbocycles. The molecule has 0 bridgehead atoms. The Balaban J connectivity index is 1.49. The zero-order chi connectivity index (χ0) is 18.6. The third kappa shape index (κ3) is 4.98. The number of thioether (sulfide) groups is 1. The summed E-state index contributed by atoms with van der Waals surface area (Å²) in [5.74, 6) is 1.18. The van der Waals surface area contributed by atoms with Crippen molar-refractivity contribution < 1.29 is 17.6 Å². The zero-order valence-electron chi connectivity index (χ0n) is 14.3. The lowest BCUT2D eigenvalue weighted by molar-refractivity contribution is -0.129. The van der Waals surface area contributed by atoms with Crippen LogP contribution in [0.15, 0.2) is 27.2 Å². The standard InChI is InChI=1S/C15H20N4O4S3/c1-2-19(11-5-7-26(21,22)10-11)13(20)9-24-15-18-17-14(25-15)16-8-12-4-3-6-23-12/h3-4,6,11H,2,5,7-10H2,1H3,(H,16,17)/t11-/m0/s1. The average Bonchev–Trinajstić information content (AvgIpc) is 3.33. The first-order valence-electron chi connectivity index (χ1n) is 8.19. The van der Waals surface area contributed by atoms with E-state index in [0.29, 0.717) is 29.0 Å². The van der Waals surface area contributed by atoms with Crippen molar-refractivity contribution in [2.45, 2.75) is 30.3 Å². The van der Waals surface area contributed by atoms with Crippen molar-refractivity contribution in [1.29, 1.82) is 0 Å². The molecule has 0 radical (unpaired) electrons. The second-order valence-electron chi connectivity index (χ2n) is 5.83. The van der Waals surface area contributed by atoms with E-state index in [9.17, 15) is 13.2 Å². The van der Waals surface area contributed by atoms with Crippen LogP contribution in [-0.2, 0) is 21.2 Å². The third-order valence-corrected chi connectivity index (χ3v) is 7.78. The molecule has 3 heterocycles. The van der Waals surface area contributed by atoms with Crippen LogP contribution in [0.2, 0.25) is 0 Å². The van der Waals surface area contributed by atoms with Gasteiger partial charge >= 0.3 is 0 Å². The summed E-state index contributed by atoms with van der Waals surface area (Å²) in [4.78, 5) is 14.1. The Morgan fingerprint density at radius 3 is 3.00 bits per heavy atom. The number of aromatic nitrogens is 2. The molecule has 2 aromatic rings. The number of carbonyl (C=O) groups is 1. The lowest BCUT2D eigenvalue weighted by Crippen LogP contribution is -2.41. The van der Waals surface area contributed by atoms with E-state index >= 15 is 0 Å². The number of rotatable bonds is 8. The van der Waals surface area contributed by atoms with E-state index in [2.05, 4.69) is 15.5 Å². The van der Waals surface area contributed by atoms with Crippen molar-refractivity contribution in [1.82, 2.24) is 15.1 Å². The topological polar surface area (TPSA) is 105 Å². The summed E-state index contributed by atoms with van der Waals surface area (Å²) in [7, 11) is -3.01. The molecule has 0 aliphatic carbocycles. The average molecular weight is 417 g/mol. The minimum atomic E-state index is -3.01. The summed E-state index contributed by atoms with van der Waals surface area (Å²) in [5, 5.41) is 11.9. The molecule has 0 unspecified atom stereocenters. The third-order valence-electron chi connectivity index (χ3n) is 4.03. The van der Waals surface area contributed by atoms with Crippen molar-refractivity contribution in [3.63, 3.8) is 0 Å². The van der Waals surface area contributed by atoms with Crippen LogP contribution in [0.3, 0.4) is 0 Å². The maximum atomic E-state index is 12.5. The number of sulfone groups is 1. The van der Waals surface area contributed by atoms with Crippen molar-refractivity contribution >= 4 is 44.0 Å². The van der Waals surface area contributed by atoms with Gasteiger partial charge in [-0.25, -0.2) is 8.42 Å². The number of nitrogens with one attached hydrogen (secondary N) is 1. The van der Waals surface area contributed by atoms with Crippen LogP contribution in [0.4, 0.5) is 5.13 Å². The molecule has 1 aliphatic heterocycles. The fourth-order valence-electron chi connectivity index (χ4n) is 2.78. The predicted molar refractivity (Wildman–Crippen MR) is 101 cm³/mol. The molecule has 142 valence electrons. The van der Waals surface area contributed by atoms with Crippen LogP contribution in [0.25, 0.3) is 0 Å². The van der Waals surface area contributed by atoms with Crippen molar-refractivity contribution in [3.05, 3.63) is 24.2 Å². The largest absolute Gasteiger partial charge is 0.467 e. The van der Waals surface area contributed by atoms with Gasteiger partial charge in [-0.15, -0.1) is 10.2 Å². The number of carbonyl (C=O) groups excluding carboxylic acids is 1. The second-order valence-corrected chi connectivity index (χ2v) is 10.3. The summed E-state index contributed by atoms with van der Waals surface area (Å²) in [6, 6.07) is 3.47. The smallest absolute Gasteiger partial charge is 0.233 e. The van der Waals surface area contributed by atoms with Crippen LogP contribution < -0.4 is 5.32 Å². The van der Waals surface area contributed by atoms with Gasteiger partial charge in [0.25, 0.3) is 0 Å².